The number of hydrogen-bond acceptors (Lipinski definition) is 3. The number of benzene rings is 1. The molecule has 4 N–H and O–H groups in total. The summed E-state index contributed by atoms with van der Waals surface area (Å²) in [6, 6.07) is 7.41. The van der Waals surface area contributed by atoms with Crippen LogP contribution >= 0.6 is 0 Å². The Bertz CT molecular complexity index is 636. The Morgan fingerprint density at radius 2 is 2.26 bits per heavy atom. The van der Waals surface area contributed by atoms with Crippen LogP contribution < -0.4 is 10.6 Å². The highest BCUT2D eigenvalue weighted by atomic mass is 16.3. The molecular weight excluding hydrogens is 292 g/mol. The van der Waals surface area contributed by atoms with E-state index in [1.54, 1.807) is 0 Å². The molecule has 2 amide bonds. The number of H-pyrrole nitrogens is 1. The molecule has 0 aliphatic heterocycles. The molecule has 124 valence electrons. The lowest BCUT2D eigenvalue weighted by molar-refractivity contribution is 0.101. The molecule has 6 heteroatoms. The van der Waals surface area contributed by atoms with Crippen LogP contribution in [0.4, 0.5) is 4.79 Å². The minimum Gasteiger partial charge on any atom is -0.393 e. The zero-order valence-electron chi connectivity index (χ0n) is 13.4. The second kappa shape index (κ2) is 7.00. The Morgan fingerprint density at radius 1 is 1.43 bits per heavy atom. The second-order valence-corrected chi connectivity index (χ2v) is 6.40. The van der Waals surface area contributed by atoms with Gasteiger partial charge in [-0.1, -0.05) is 18.6 Å². The molecular formula is C17H24N4O2. The van der Waals surface area contributed by atoms with Gasteiger partial charge in [0.15, 0.2) is 0 Å². The van der Waals surface area contributed by atoms with Gasteiger partial charge in [0, 0.05) is 6.54 Å². The number of nitrogens with one attached hydrogen (secondary N) is 3. The smallest absolute Gasteiger partial charge is 0.315 e. The maximum Gasteiger partial charge on any atom is 0.315 e. The number of amides is 2. The zero-order chi connectivity index (χ0) is 16.2. The van der Waals surface area contributed by atoms with E-state index >= 15 is 0 Å². The minimum atomic E-state index is -0.215. The predicted octanol–water partition coefficient (Wildman–Crippen LogP) is 2.47. The van der Waals surface area contributed by atoms with Crippen LogP contribution in [0.15, 0.2) is 24.3 Å². The molecule has 1 aromatic heterocycles. The van der Waals surface area contributed by atoms with Crippen LogP contribution in [-0.2, 0) is 0 Å². The van der Waals surface area contributed by atoms with Gasteiger partial charge in [0.05, 0.1) is 23.2 Å². The predicted molar refractivity (Wildman–Crippen MR) is 89.0 cm³/mol. The molecule has 0 radical (unpaired) electrons. The second-order valence-electron chi connectivity index (χ2n) is 6.40. The normalized spacial score (nSPS) is 22.7. The van der Waals surface area contributed by atoms with Crippen molar-refractivity contribution in [2.75, 3.05) is 6.54 Å². The number of carbonyl (C=O) groups is 1. The minimum absolute atomic E-state index is 0.195. The zero-order valence-corrected chi connectivity index (χ0v) is 13.4. The molecule has 1 aromatic carbocycles. The number of fused-ring (bicyclic) bond motifs is 1. The molecule has 6 nitrogen and oxygen atoms in total. The van der Waals surface area contributed by atoms with E-state index in [0.717, 1.165) is 42.5 Å². The number of imidazole rings is 1. The van der Waals surface area contributed by atoms with Crippen molar-refractivity contribution in [2.24, 2.45) is 5.92 Å². The van der Waals surface area contributed by atoms with Crippen LogP contribution in [0.3, 0.4) is 0 Å². The number of aliphatic hydroxyl groups excluding tert-OH is 1. The highest BCUT2D eigenvalue weighted by molar-refractivity contribution is 5.76. The van der Waals surface area contributed by atoms with E-state index in [9.17, 15) is 9.90 Å². The fourth-order valence-corrected chi connectivity index (χ4v) is 3.18. The van der Waals surface area contributed by atoms with Crippen LogP contribution in [-0.4, -0.2) is 33.8 Å². The van der Waals surface area contributed by atoms with E-state index in [2.05, 4.69) is 20.6 Å². The van der Waals surface area contributed by atoms with Gasteiger partial charge < -0.3 is 20.7 Å². The number of para-hydroxylation sites is 2. The van der Waals surface area contributed by atoms with Gasteiger partial charge in [0.2, 0.25) is 0 Å². The first-order chi connectivity index (χ1) is 11.1. The quantitative estimate of drug-likeness (QED) is 0.698. The van der Waals surface area contributed by atoms with Gasteiger partial charge in [-0.2, -0.15) is 0 Å². The maximum atomic E-state index is 12.0. The van der Waals surface area contributed by atoms with E-state index in [1.807, 2.05) is 31.2 Å². The first kappa shape index (κ1) is 15.8. The third-order valence-corrected chi connectivity index (χ3v) is 4.47. The molecule has 1 fully saturated rings. The van der Waals surface area contributed by atoms with Crippen molar-refractivity contribution >= 4 is 17.1 Å². The lowest BCUT2D eigenvalue weighted by Crippen LogP contribution is -2.40. The summed E-state index contributed by atoms with van der Waals surface area (Å²) < 4.78 is 0. The summed E-state index contributed by atoms with van der Waals surface area (Å²) in [5, 5.41) is 15.5. The largest absolute Gasteiger partial charge is 0.393 e. The standard InChI is InChI=1S/C17H24N4O2/c1-11(16-20-14-7-2-3-8-15(14)21-16)19-17(23)18-10-12-5-4-6-13(22)9-12/h2-3,7-8,11-13,22H,4-6,9-10H2,1H3,(H,20,21)(H2,18,19,23). The van der Waals surface area contributed by atoms with E-state index < -0.39 is 0 Å². The lowest BCUT2D eigenvalue weighted by atomic mass is 9.87. The van der Waals surface area contributed by atoms with E-state index in [-0.39, 0.29) is 18.2 Å². The van der Waals surface area contributed by atoms with E-state index in [4.69, 9.17) is 0 Å². The van der Waals surface area contributed by atoms with Gasteiger partial charge in [-0.15, -0.1) is 0 Å². The molecule has 1 aliphatic rings. The Morgan fingerprint density at radius 3 is 3.04 bits per heavy atom. The third-order valence-electron chi connectivity index (χ3n) is 4.47. The number of urea groups is 1. The summed E-state index contributed by atoms with van der Waals surface area (Å²) in [5.74, 6) is 1.11. The average molecular weight is 316 g/mol. The summed E-state index contributed by atoms with van der Waals surface area (Å²) in [6.45, 7) is 2.51. The summed E-state index contributed by atoms with van der Waals surface area (Å²) in [6.07, 6.45) is 3.54. The third kappa shape index (κ3) is 4.01. The molecule has 1 saturated carbocycles. The van der Waals surface area contributed by atoms with Crippen molar-refractivity contribution in [3.8, 4) is 0 Å². The Balaban J connectivity index is 1.50. The summed E-state index contributed by atoms with van der Waals surface area (Å²) in [7, 11) is 0. The SMILES string of the molecule is CC(NC(=O)NCC1CCCC(O)C1)c1nc2ccccc2[nH]1. The molecule has 0 saturated heterocycles. The molecule has 2 aromatic rings. The van der Waals surface area contributed by atoms with Gasteiger partial charge in [-0.05, 0) is 44.2 Å². The van der Waals surface area contributed by atoms with Crippen LogP contribution in [0.5, 0.6) is 0 Å². The molecule has 0 spiro atoms. The molecule has 1 heterocycles. The summed E-state index contributed by atoms with van der Waals surface area (Å²) in [4.78, 5) is 19.8. The van der Waals surface area contributed by atoms with Gasteiger partial charge in [-0.3, -0.25) is 0 Å². The summed E-state index contributed by atoms with van der Waals surface area (Å²) in [5.41, 5.74) is 1.86. The highest BCUT2D eigenvalue weighted by Gasteiger charge is 2.21. The van der Waals surface area contributed by atoms with Crippen LogP contribution in [0.1, 0.15) is 44.5 Å². The van der Waals surface area contributed by atoms with Gasteiger partial charge in [-0.25, -0.2) is 9.78 Å². The number of carbonyl (C=O) groups excluding carboxylic acids is 1. The number of nitrogens with zero attached hydrogens (tertiary/aromatic N) is 1. The van der Waals surface area contributed by atoms with Crippen molar-refractivity contribution in [3.05, 3.63) is 30.1 Å². The maximum absolute atomic E-state index is 12.0. The lowest BCUT2D eigenvalue weighted by Gasteiger charge is -2.26. The summed E-state index contributed by atoms with van der Waals surface area (Å²) >= 11 is 0. The monoisotopic (exact) mass is 316 g/mol. The number of rotatable bonds is 4. The Hall–Kier alpha value is -2.08. The first-order valence-corrected chi connectivity index (χ1v) is 8.29. The van der Waals surface area contributed by atoms with Crippen molar-refractivity contribution in [3.63, 3.8) is 0 Å². The van der Waals surface area contributed by atoms with Crippen LogP contribution in [0, 0.1) is 5.92 Å². The molecule has 0 bridgehead atoms. The number of aromatic amines is 1. The van der Waals surface area contributed by atoms with Crippen LogP contribution in [0.2, 0.25) is 0 Å². The molecule has 3 rings (SSSR count). The molecule has 1 aliphatic carbocycles. The van der Waals surface area contributed by atoms with E-state index in [1.165, 1.54) is 0 Å². The van der Waals surface area contributed by atoms with Crippen molar-refractivity contribution in [1.82, 2.24) is 20.6 Å². The van der Waals surface area contributed by atoms with Crippen molar-refractivity contribution < 1.29 is 9.90 Å². The van der Waals surface area contributed by atoms with Crippen LogP contribution in [0.25, 0.3) is 11.0 Å². The Kier molecular flexibility index (Phi) is 4.81. The van der Waals surface area contributed by atoms with Crippen molar-refractivity contribution in [2.45, 2.75) is 44.8 Å². The fourth-order valence-electron chi connectivity index (χ4n) is 3.18. The number of hydrogen-bond donors (Lipinski definition) is 4. The van der Waals surface area contributed by atoms with E-state index in [0.29, 0.717) is 12.5 Å². The molecule has 23 heavy (non-hydrogen) atoms. The average Bonchev–Trinajstić information content (AvgIpc) is 2.97. The van der Waals surface area contributed by atoms with Gasteiger partial charge in [0.1, 0.15) is 5.82 Å². The van der Waals surface area contributed by atoms with Crippen molar-refractivity contribution in [1.29, 1.82) is 0 Å². The number of aromatic nitrogens is 2. The number of aliphatic hydroxyl groups is 1. The Labute approximate surface area is 135 Å². The van der Waals surface area contributed by atoms with Gasteiger partial charge in [0.25, 0.3) is 0 Å². The molecule has 3 unspecified atom stereocenters. The highest BCUT2D eigenvalue weighted by Crippen LogP contribution is 2.23. The molecule has 3 atom stereocenters. The van der Waals surface area contributed by atoms with Gasteiger partial charge >= 0.3 is 6.03 Å². The topological polar surface area (TPSA) is 90.0 Å². The fraction of sp³-hybridized carbons (Fsp3) is 0.529. The first-order valence-electron chi connectivity index (χ1n) is 8.29.